The third-order valence-electron chi connectivity index (χ3n) is 6.05. The van der Waals surface area contributed by atoms with E-state index in [1.807, 2.05) is 0 Å². The lowest BCUT2D eigenvalue weighted by Crippen LogP contribution is -2.33. The van der Waals surface area contributed by atoms with Crippen LogP contribution in [0.4, 0.5) is 0 Å². The molecule has 0 saturated heterocycles. The van der Waals surface area contributed by atoms with Gasteiger partial charge in [-0.15, -0.1) is 0 Å². The van der Waals surface area contributed by atoms with Gasteiger partial charge in [0.1, 0.15) is 5.54 Å². The summed E-state index contributed by atoms with van der Waals surface area (Å²) in [5.41, 5.74) is 9.00. The maximum absolute atomic E-state index is 2.50. The van der Waals surface area contributed by atoms with Crippen molar-refractivity contribution in [2.24, 2.45) is 7.05 Å². The number of imidazole rings is 1. The monoisotopic (exact) mass is 397 g/mol. The zero-order chi connectivity index (χ0) is 21.6. The third kappa shape index (κ3) is 3.45. The number of hydrogen-bond acceptors (Lipinski definition) is 0. The highest BCUT2D eigenvalue weighted by molar-refractivity contribution is 5.80. The van der Waals surface area contributed by atoms with E-state index in [9.17, 15) is 0 Å². The van der Waals surface area contributed by atoms with Gasteiger partial charge in [-0.05, 0) is 74.1 Å². The molecule has 0 aliphatic heterocycles. The number of aryl methyl sites for hydroxylation is 2. The molecule has 0 saturated carbocycles. The summed E-state index contributed by atoms with van der Waals surface area (Å²) in [5, 5.41) is 0. The van der Waals surface area contributed by atoms with Gasteiger partial charge in [0.25, 0.3) is 5.82 Å². The van der Waals surface area contributed by atoms with E-state index in [4.69, 9.17) is 0 Å². The number of aromatic nitrogens is 2. The first-order chi connectivity index (χ1) is 14.2. The zero-order valence-corrected chi connectivity index (χ0v) is 19.3. The second-order valence-electron chi connectivity index (χ2n) is 9.69. The van der Waals surface area contributed by atoms with Gasteiger partial charge in [0, 0.05) is 0 Å². The van der Waals surface area contributed by atoms with E-state index >= 15 is 0 Å². The highest BCUT2D eigenvalue weighted by Gasteiger charge is 2.33. The van der Waals surface area contributed by atoms with E-state index in [2.05, 4.69) is 124 Å². The molecule has 0 radical (unpaired) electrons. The van der Waals surface area contributed by atoms with Crippen LogP contribution in [0, 0.1) is 6.92 Å². The molecule has 0 amide bonds. The number of fused-ring (bicyclic) bond motifs is 1. The Balaban J connectivity index is 2.04. The van der Waals surface area contributed by atoms with Gasteiger partial charge in [0.15, 0.2) is 11.0 Å². The SMILES string of the molecule is Cc1ccc(-c2ccccc2)cc1-c1n(C(C)(C)C)c2ccc(C(C)C)cc2[n+]1C. The Bertz CT molecular complexity index is 1210. The van der Waals surface area contributed by atoms with Crippen molar-refractivity contribution in [2.75, 3.05) is 0 Å². The minimum atomic E-state index is -0.0383. The average Bonchev–Trinajstić information content (AvgIpc) is 3.01. The maximum atomic E-state index is 2.50. The third-order valence-corrected chi connectivity index (χ3v) is 6.05. The smallest absolute Gasteiger partial charge is 0.226 e. The second-order valence-corrected chi connectivity index (χ2v) is 9.69. The minimum absolute atomic E-state index is 0.0383. The molecule has 2 heteroatoms. The Labute approximate surface area is 180 Å². The summed E-state index contributed by atoms with van der Waals surface area (Å²) in [5.74, 6) is 1.77. The van der Waals surface area contributed by atoms with E-state index in [1.54, 1.807) is 0 Å². The van der Waals surface area contributed by atoms with Gasteiger partial charge < -0.3 is 0 Å². The number of hydrogen-bond donors (Lipinski definition) is 0. The number of benzene rings is 3. The van der Waals surface area contributed by atoms with Gasteiger partial charge in [0.2, 0.25) is 0 Å². The van der Waals surface area contributed by atoms with Crippen LogP contribution in [0.3, 0.4) is 0 Å². The van der Waals surface area contributed by atoms with Crippen molar-refractivity contribution >= 4 is 11.0 Å². The molecule has 1 aromatic heterocycles. The standard InChI is InChI=1S/C28H33N2/c1-19(2)22-15-16-25-26(18-22)29(7)27(30(25)28(4,5)6)24-17-23(14-13-20(24)3)21-11-9-8-10-12-21/h8-19H,1-7H3/q+1. The molecule has 3 aromatic carbocycles. The van der Waals surface area contributed by atoms with Crippen LogP contribution in [-0.2, 0) is 12.6 Å². The quantitative estimate of drug-likeness (QED) is 0.330. The first-order valence-electron chi connectivity index (χ1n) is 10.9. The Morgan fingerprint density at radius 2 is 1.53 bits per heavy atom. The first-order valence-corrected chi connectivity index (χ1v) is 10.9. The predicted molar refractivity (Wildman–Crippen MR) is 128 cm³/mol. The molecule has 0 aliphatic carbocycles. The Morgan fingerprint density at radius 3 is 2.17 bits per heavy atom. The molecule has 0 atom stereocenters. The van der Waals surface area contributed by atoms with E-state index in [0.29, 0.717) is 5.92 Å². The number of nitrogens with zero attached hydrogens (tertiary/aromatic N) is 2. The molecule has 4 rings (SSSR count). The van der Waals surface area contributed by atoms with Crippen molar-refractivity contribution in [2.45, 2.75) is 53.0 Å². The molecule has 0 N–H and O–H groups in total. The fraction of sp³-hybridized carbons (Fsp3) is 0.321. The van der Waals surface area contributed by atoms with Gasteiger partial charge in [0.05, 0.1) is 12.6 Å². The summed E-state index contributed by atoms with van der Waals surface area (Å²) in [4.78, 5) is 0. The lowest BCUT2D eigenvalue weighted by atomic mass is 9.98. The molecule has 0 unspecified atom stereocenters. The van der Waals surface area contributed by atoms with Gasteiger partial charge >= 0.3 is 0 Å². The topological polar surface area (TPSA) is 8.81 Å². The maximum Gasteiger partial charge on any atom is 0.290 e. The fourth-order valence-corrected chi connectivity index (χ4v) is 4.39. The molecule has 0 spiro atoms. The van der Waals surface area contributed by atoms with Crippen molar-refractivity contribution in [3.8, 4) is 22.5 Å². The predicted octanol–water partition coefficient (Wildman–Crippen LogP) is 6.99. The minimum Gasteiger partial charge on any atom is -0.226 e. The van der Waals surface area contributed by atoms with Crippen LogP contribution in [0.15, 0.2) is 66.7 Å². The van der Waals surface area contributed by atoms with E-state index in [-0.39, 0.29) is 5.54 Å². The van der Waals surface area contributed by atoms with Crippen molar-refractivity contribution < 1.29 is 4.57 Å². The van der Waals surface area contributed by atoms with E-state index in [1.165, 1.54) is 44.7 Å². The summed E-state index contributed by atoms with van der Waals surface area (Å²) in [6.07, 6.45) is 0. The second kappa shape index (κ2) is 7.43. The Hall–Kier alpha value is -2.87. The summed E-state index contributed by atoms with van der Waals surface area (Å²) in [7, 11) is 2.21. The molecule has 4 aromatic rings. The lowest BCUT2D eigenvalue weighted by molar-refractivity contribution is -0.634. The molecule has 30 heavy (non-hydrogen) atoms. The summed E-state index contributed by atoms with van der Waals surface area (Å²) >= 11 is 0. The lowest BCUT2D eigenvalue weighted by Gasteiger charge is -2.19. The van der Waals surface area contributed by atoms with Crippen LogP contribution in [0.1, 0.15) is 51.7 Å². The highest BCUT2D eigenvalue weighted by atomic mass is 15.2. The fourth-order valence-electron chi connectivity index (χ4n) is 4.39. The molecule has 154 valence electrons. The molecule has 0 fully saturated rings. The van der Waals surface area contributed by atoms with Crippen LogP contribution in [0.2, 0.25) is 0 Å². The average molecular weight is 398 g/mol. The van der Waals surface area contributed by atoms with Gasteiger partial charge in [-0.25, -0.2) is 9.13 Å². The molecule has 0 aliphatic rings. The van der Waals surface area contributed by atoms with Crippen molar-refractivity contribution in [3.05, 3.63) is 77.9 Å². The first kappa shape index (κ1) is 20.4. The molecular weight excluding hydrogens is 364 g/mol. The molecule has 1 heterocycles. The largest absolute Gasteiger partial charge is 0.290 e. The van der Waals surface area contributed by atoms with Crippen molar-refractivity contribution in [1.29, 1.82) is 0 Å². The van der Waals surface area contributed by atoms with Crippen LogP contribution in [-0.4, -0.2) is 4.57 Å². The number of rotatable bonds is 3. The van der Waals surface area contributed by atoms with Crippen LogP contribution in [0.25, 0.3) is 33.5 Å². The van der Waals surface area contributed by atoms with Gasteiger partial charge in [-0.2, -0.15) is 0 Å². The van der Waals surface area contributed by atoms with E-state index < -0.39 is 0 Å². The van der Waals surface area contributed by atoms with E-state index in [0.717, 1.165) is 0 Å². The molecule has 2 nitrogen and oxygen atoms in total. The normalized spacial score (nSPS) is 12.1. The van der Waals surface area contributed by atoms with Gasteiger partial charge in [-0.3, -0.25) is 0 Å². The van der Waals surface area contributed by atoms with Crippen molar-refractivity contribution in [3.63, 3.8) is 0 Å². The van der Waals surface area contributed by atoms with Gasteiger partial charge in [-0.1, -0.05) is 62.4 Å². The summed E-state index contributed by atoms with van der Waals surface area (Å²) < 4.78 is 4.88. The summed E-state index contributed by atoms with van der Waals surface area (Å²) in [6.45, 7) is 13.6. The Kier molecular flexibility index (Phi) is 5.05. The summed E-state index contributed by atoms with van der Waals surface area (Å²) in [6, 6.07) is 24.4. The van der Waals surface area contributed by atoms with Crippen molar-refractivity contribution in [1.82, 2.24) is 4.57 Å². The zero-order valence-electron chi connectivity index (χ0n) is 19.3. The highest BCUT2D eigenvalue weighted by Crippen LogP contribution is 2.34. The van der Waals surface area contributed by atoms with Crippen LogP contribution in [0.5, 0.6) is 0 Å². The molecular formula is C28H33N2+. The Morgan fingerprint density at radius 1 is 0.833 bits per heavy atom. The molecule has 0 bridgehead atoms. The van der Waals surface area contributed by atoms with Crippen LogP contribution < -0.4 is 4.57 Å². The van der Waals surface area contributed by atoms with Crippen LogP contribution >= 0.6 is 0 Å².